The van der Waals surface area contributed by atoms with Crippen LogP contribution >= 0.6 is 11.8 Å². The Balaban J connectivity index is 2.07. The van der Waals surface area contributed by atoms with Crippen LogP contribution in [0.2, 0.25) is 0 Å². The maximum Gasteiger partial charge on any atom is 0.320 e. The third kappa shape index (κ3) is 4.92. The summed E-state index contributed by atoms with van der Waals surface area (Å²) in [5, 5.41) is -0.0511. The molecule has 2 nitrogen and oxygen atoms in total. The molecule has 0 N–H and O–H groups in total. The molecule has 0 spiro atoms. The van der Waals surface area contributed by atoms with Crippen molar-refractivity contribution in [2.45, 2.75) is 56.6 Å². The second-order valence-corrected chi connectivity index (χ2v) is 6.90. The molecule has 0 bridgehead atoms. The Kier molecular flexibility index (Phi) is 6.37. The van der Waals surface area contributed by atoms with Crippen molar-refractivity contribution < 1.29 is 9.53 Å². The van der Waals surface area contributed by atoms with Crippen LogP contribution in [-0.2, 0) is 9.53 Å². The number of hydrogen-bond acceptors (Lipinski definition) is 3. The van der Waals surface area contributed by atoms with Crippen molar-refractivity contribution in [3.63, 3.8) is 0 Å². The van der Waals surface area contributed by atoms with Crippen molar-refractivity contribution in [3.8, 4) is 0 Å². The van der Waals surface area contributed by atoms with Gasteiger partial charge in [-0.15, -0.1) is 0 Å². The van der Waals surface area contributed by atoms with Gasteiger partial charge in [0.1, 0.15) is 5.25 Å². The predicted molar refractivity (Wildman–Crippen MR) is 90.1 cm³/mol. The molecule has 1 fully saturated rings. The molecule has 2 unspecified atom stereocenters. The highest BCUT2D eigenvalue weighted by molar-refractivity contribution is 8.01. The predicted octanol–water partition coefficient (Wildman–Crippen LogP) is 5.05. The molecule has 0 amide bonds. The monoisotopic (exact) mass is 304 g/mol. The fourth-order valence-corrected chi connectivity index (χ4v) is 3.46. The minimum Gasteiger partial charge on any atom is -0.446 e. The SMILES string of the molecule is CCCCCCC(=Cc1ccccc1)C1OC(=O)C(C)S1. The molecule has 0 saturated carbocycles. The van der Waals surface area contributed by atoms with E-state index in [2.05, 4.69) is 25.1 Å². The summed E-state index contributed by atoms with van der Waals surface area (Å²) in [4.78, 5) is 11.6. The molecule has 114 valence electrons. The summed E-state index contributed by atoms with van der Waals surface area (Å²) in [7, 11) is 0. The van der Waals surface area contributed by atoms with Crippen molar-refractivity contribution in [1.29, 1.82) is 0 Å². The quantitative estimate of drug-likeness (QED) is 0.521. The van der Waals surface area contributed by atoms with Gasteiger partial charge in [-0.25, -0.2) is 0 Å². The van der Waals surface area contributed by atoms with E-state index in [0.29, 0.717) is 0 Å². The van der Waals surface area contributed by atoms with Gasteiger partial charge < -0.3 is 4.74 Å². The minimum atomic E-state index is -0.102. The first-order valence-corrected chi connectivity index (χ1v) is 8.76. The van der Waals surface area contributed by atoms with Gasteiger partial charge in [0.15, 0.2) is 5.44 Å². The van der Waals surface area contributed by atoms with Gasteiger partial charge in [-0.2, -0.15) is 0 Å². The first-order chi connectivity index (χ1) is 10.2. The van der Waals surface area contributed by atoms with E-state index in [9.17, 15) is 4.79 Å². The van der Waals surface area contributed by atoms with Gasteiger partial charge in [0, 0.05) is 0 Å². The number of carbonyl (C=O) groups is 1. The summed E-state index contributed by atoms with van der Waals surface area (Å²) in [5.74, 6) is -0.0856. The summed E-state index contributed by atoms with van der Waals surface area (Å²) in [6.07, 6.45) is 8.11. The largest absolute Gasteiger partial charge is 0.446 e. The summed E-state index contributed by atoms with van der Waals surface area (Å²) in [5.41, 5.74) is 2.31. The molecule has 0 aromatic heterocycles. The molecule has 1 aromatic carbocycles. The Hall–Kier alpha value is -1.22. The molecule has 1 heterocycles. The Labute approximate surface area is 132 Å². The Bertz CT molecular complexity index is 481. The number of rotatable bonds is 7. The topological polar surface area (TPSA) is 26.3 Å². The maximum atomic E-state index is 11.6. The maximum absolute atomic E-state index is 11.6. The zero-order valence-electron chi connectivity index (χ0n) is 12.9. The standard InChI is InChI=1S/C18H24O2S/c1-3-4-5-9-12-16(13-15-10-7-6-8-11-15)18-20-17(19)14(2)21-18/h6-8,10-11,13-14,18H,3-5,9,12H2,1-2H3. The Morgan fingerprint density at radius 3 is 2.62 bits per heavy atom. The number of unbranched alkanes of at least 4 members (excludes halogenated alkanes) is 3. The number of thioether (sulfide) groups is 1. The fraction of sp³-hybridized carbons (Fsp3) is 0.500. The molecule has 21 heavy (non-hydrogen) atoms. The van der Waals surface area contributed by atoms with E-state index in [1.165, 1.54) is 30.4 Å². The number of carbonyl (C=O) groups excluding carboxylic acids is 1. The fourth-order valence-electron chi connectivity index (χ4n) is 2.41. The molecular weight excluding hydrogens is 280 g/mol. The smallest absolute Gasteiger partial charge is 0.320 e. The van der Waals surface area contributed by atoms with Crippen LogP contribution in [0.5, 0.6) is 0 Å². The Morgan fingerprint density at radius 2 is 2.00 bits per heavy atom. The second kappa shape index (κ2) is 8.28. The van der Waals surface area contributed by atoms with Crippen LogP contribution in [0.15, 0.2) is 35.9 Å². The van der Waals surface area contributed by atoms with Gasteiger partial charge in [0.2, 0.25) is 0 Å². The number of ether oxygens (including phenoxy) is 1. The first kappa shape index (κ1) is 16.2. The second-order valence-electron chi connectivity index (χ2n) is 5.49. The van der Waals surface area contributed by atoms with Gasteiger partial charge in [0.25, 0.3) is 0 Å². The van der Waals surface area contributed by atoms with Gasteiger partial charge in [-0.05, 0) is 30.9 Å². The van der Waals surface area contributed by atoms with Crippen molar-refractivity contribution >= 4 is 23.8 Å². The molecule has 1 aliphatic heterocycles. The molecule has 1 aromatic rings. The van der Waals surface area contributed by atoms with Gasteiger partial charge in [-0.1, -0.05) is 74.4 Å². The van der Waals surface area contributed by atoms with E-state index in [1.54, 1.807) is 11.8 Å². The molecule has 1 saturated heterocycles. The van der Waals surface area contributed by atoms with Crippen LogP contribution in [0.3, 0.4) is 0 Å². The van der Waals surface area contributed by atoms with Gasteiger partial charge >= 0.3 is 5.97 Å². The molecule has 2 atom stereocenters. The van der Waals surface area contributed by atoms with Crippen molar-refractivity contribution in [2.24, 2.45) is 0 Å². The molecule has 1 aliphatic rings. The lowest BCUT2D eigenvalue weighted by atomic mass is 10.0. The molecule has 0 radical (unpaired) electrons. The van der Waals surface area contributed by atoms with Crippen LogP contribution in [-0.4, -0.2) is 16.7 Å². The number of esters is 1. The minimum absolute atomic E-state index is 0.0511. The average molecular weight is 304 g/mol. The highest BCUT2D eigenvalue weighted by Gasteiger charge is 2.33. The van der Waals surface area contributed by atoms with Crippen LogP contribution in [0.4, 0.5) is 0 Å². The van der Waals surface area contributed by atoms with Crippen LogP contribution < -0.4 is 0 Å². The van der Waals surface area contributed by atoms with E-state index in [0.717, 1.165) is 12.8 Å². The number of hydrogen-bond donors (Lipinski definition) is 0. The van der Waals surface area contributed by atoms with E-state index in [1.807, 2.05) is 25.1 Å². The molecular formula is C18H24O2S. The third-order valence-electron chi connectivity index (χ3n) is 3.66. The lowest BCUT2D eigenvalue weighted by Crippen LogP contribution is -2.10. The van der Waals surface area contributed by atoms with Gasteiger partial charge in [-0.3, -0.25) is 4.79 Å². The lowest BCUT2D eigenvalue weighted by Gasteiger charge is -2.14. The van der Waals surface area contributed by atoms with E-state index < -0.39 is 0 Å². The van der Waals surface area contributed by atoms with Crippen molar-refractivity contribution in [2.75, 3.05) is 0 Å². The highest BCUT2D eigenvalue weighted by Crippen LogP contribution is 2.36. The summed E-state index contributed by atoms with van der Waals surface area (Å²) < 4.78 is 5.52. The summed E-state index contributed by atoms with van der Waals surface area (Å²) in [6, 6.07) is 10.3. The lowest BCUT2D eigenvalue weighted by molar-refractivity contribution is -0.141. The zero-order valence-corrected chi connectivity index (χ0v) is 13.7. The summed E-state index contributed by atoms with van der Waals surface area (Å²) in [6.45, 7) is 4.14. The van der Waals surface area contributed by atoms with Crippen molar-refractivity contribution in [1.82, 2.24) is 0 Å². The van der Waals surface area contributed by atoms with E-state index >= 15 is 0 Å². The molecule has 0 aliphatic carbocycles. The highest BCUT2D eigenvalue weighted by atomic mass is 32.2. The third-order valence-corrected chi connectivity index (χ3v) is 4.90. The summed E-state index contributed by atoms with van der Waals surface area (Å²) >= 11 is 1.62. The zero-order chi connectivity index (χ0) is 15.1. The molecule has 3 heteroatoms. The van der Waals surface area contributed by atoms with Crippen molar-refractivity contribution in [3.05, 3.63) is 41.5 Å². The van der Waals surface area contributed by atoms with Gasteiger partial charge in [0.05, 0.1) is 0 Å². The van der Waals surface area contributed by atoms with E-state index in [-0.39, 0.29) is 16.7 Å². The van der Waals surface area contributed by atoms with Crippen LogP contribution in [0, 0.1) is 0 Å². The first-order valence-electron chi connectivity index (χ1n) is 7.82. The number of cyclic esters (lactones) is 1. The number of benzene rings is 1. The van der Waals surface area contributed by atoms with Crippen LogP contribution in [0.25, 0.3) is 6.08 Å². The van der Waals surface area contributed by atoms with Crippen LogP contribution in [0.1, 0.15) is 51.5 Å². The van der Waals surface area contributed by atoms with E-state index in [4.69, 9.17) is 4.74 Å². The Morgan fingerprint density at radius 1 is 1.24 bits per heavy atom. The normalized spacial score (nSPS) is 22.4. The molecule has 2 rings (SSSR count). The average Bonchev–Trinajstić information content (AvgIpc) is 2.83.